The molecule has 1 heterocycles. The van der Waals surface area contributed by atoms with Crippen LogP contribution in [0.15, 0.2) is 53.4 Å². The van der Waals surface area contributed by atoms with E-state index in [4.69, 9.17) is 16.3 Å². The normalized spacial score (nSPS) is 16.1. The van der Waals surface area contributed by atoms with E-state index >= 15 is 0 Å². The molecule has 6 heteroatoms. The molecule has 0 atom stereocenters. The van der Waals surface area contributed by atoms with E-state index in [1.54, 1.807) is 31.4 Å². The lowest BCUT2D eigenvalue weighted by Crippen LogP contribution is -2.27. The summed E-state index contributed by atoms with van der Waals surface area (Å²) in [6, 6.07) is 14.5. The smallest absolute Gasteiger partial charge is 0.293 e. The minimum atomic E-state index is -0.309. The van der Waals surface area contributed by atoms with Crippen molar-refractivity contribution in [2.24, 2.45) is 0 Å². The SMILES string of the molecule is COc1ccccc1/C=C1\SC(=O)N(Cc2cccc(Cl)c2)C1=O. The van der Waals surface area contributed by atoms with Crippen LogP contribution >= 0.6 is 23.4 Å². The largest absolute Gasteiger partial charge is 0.496 e. The number of carbonyl (C=O) groups excluding carboxylic acids is 2. The lowest BCUT2D eigenvalue weighted by molar-refractivity contribution is -0.123. The Hall–Kier alpha value is -2.24. The fourth-order valence-corrected chi connectivity index (χ4v) is 3.42. The van der Waals surface area contributed by atoms with Crippen molar-refractivity contribution in [3.63, 3.8) is 0 Å². The standard InChI is InChI=1S/C18H14ClNO3S/c1-23-15-8-3-2-6-13(15)10-16-17(21)20(18(22)24-16)11-12-5-4-7-14(19)9-12/h2-10H,11H2,1H3/b16-10-. The first-order chi connectivity index (χ1) is 11.6. The number of imide groups is 1. The number of benzene rings is 2. The Labute approximate surface area is 149 Å². The monoisotopic (exact) mass is 359 g/mol. The first-order valence-corrected chi connectivity index (χ1v) is 8.41. The van der Waals surface area contributed by atoms with Gasteiger partial charge in [0.05, 0.1) is 18.6 Å². The average Bonchev–Trinajstić information content (AvgIpc) is 2.83. The van der Waals surface area contributed by atoms with Crippen molar-refractivity contribution in [2.45, 2.75) is 6.54 Å². The molecule has 1 aliphatic rings. The highest BCUT2D eigenvalue weighted by atomic mass is 35.5. The maximum absolute atomic E-state index is 12.6. The number of para-hydroxylation sites is 1. The second-order valence-electron chi connectivity index (χ2n) is 5.14. The molecular formula is C18H14ClNO3S. The molecular weight excluding hydrogens is 346 g/mol. The van der Waals surface area contributed by atoms with Crippen molar-refractivity contribution in [3.8, 4) is 5.75 Å². The fraction of sp³-hybridized carbons (Fsp3) is 0.111. The zero-order valence-electron chi connectivity index (χ0n) is 12.9. The van der Waals surface area contributed by atoms with Crippen LogP contribution in [0.3, 0.4) is 0 Å². The van der Waals surface area contributed by atoms with Gasteiger partial charge in [-0.1, -0.05) is 41.9 Å². The molecule has 1 saturated heterocycles. The van der Waals surface area contributed by atoms with E-state index < -0.39 is 0 Å². The number of hydrogen-bond donors (Lipinski definition) is 0. The lowest BCUT2D eigenvalue weighted by atomic mass is 10.1. The van der Waals surface area contributed by atoms with Crippen molar-refractivity contribution >= 4 is 40.6 Å². The van der Waals surface area contributed by atoms with E-state index in [1.807, 2.05) is 30.3 Å². The topological polar surface area (TPSA) is 46.6 Å². The van der Waals surface area contributed by atoms with Crippen LogP contribution in [-0.2, 0) is 11.3 Å². The van der Waals surface area contributed by atoms with E-state index in [0.717, 1.165) is 22.9 Å². The van der Waals surface area contributed by atoms with Gasteiger partial charge in [0.25, 0.3) is 11.1 Å². The minimum absolute atomic E-state index is 0.203. The molecule has 1 aliphatic heterocycles. The molecule has 2 aromatic carbocycles. The van der Waals surface area contributed by atoms with Crippen molar-refractivity contribution < 1.29 is 14.3 Å². The van der Waals surface area contributed by atoms with Gasteiger partial charge in [-0.3, -0.25) is 14.5 Å². The molecule has 0 N–H and O–H groups in total. The van der Waals surface area contributed by atoms with Crippen LogP contribution in [0.1, 0.15) is 11.1 Å². The molecule has 0 saturated carbocycles. The highest BCUT2D eigenvalue weighted by Crippen LogP contribution is 2.34. The average molecular weight is 360 g/mol. The summed E-state index contributed by atoms with van der Waals surface area (Å²) >= 11 is 6.88. The Kier molecular flexibility index (Phi) is 4.92. The van der Waals surface area contributed by atoms with Crippen molar-refractivity contribution in [1.82, 2.24) is 4.90 Å². The third kappa shape index (κ3) is 3.47. The number of methoxy groups -OCH3 is 1. The number of nitrogens with zero attached hydrogens (tertiary/aromatic N) is 1. The predicted molar refractivity (Wildman–Crippen MR) is 96.0 cm³/mol. The van der Waals surface area contributed by atoms with Gasteiger partial charge in [-0.05, 0) is 41.6 Å². The van der Waals surface area contributed by atoms with Gasteiger partial charge in [0.2, 0.25) is 0 Å². The molecule has 0 spiro atoms. The zero-order valence-corrected chi connectivity index (χ0v) is 14.4. The second kappa shape index (κ2) is 7.11. The van der Waals surface area contributed by atoms with Crippen LogP contribution < -0.4 is 4.74 Å². The summed E-state index contributed by atoms with van der Waals surface area (Å²) < 4.78 is 5.28. The van der Waals surface area contributed by atoms with Crippen LogP contribution in [0.2, 0.25) is 5.02 Å². The maximum Gasteiger partial charge on any atom is 0.293 e. The Balaban J connectivity index is 1.85. The van der Waals surface area contributed by atoms with E-state index in [-0.39, 0.29) is 17.7 Å². The predicted octanol–water partition coefficient (Wildman–Crippen LogP) is 4.59. The van der Waals surface area contributed by atoms with Crippen LogP contribution in [-0.4, -0.2) is 23.2 Å². The molecule has 2 aromatic rings. The van der Waals surface area contributed by atoms with Gasteiger partial charge >= 0.3 is 0 Å². The summed E-state index contributed by atoms with van der Waals surface area (Å²) in [7, 11) is 1.57. The molecule has 122 valence electrons. The molecule has 0 aliphatic carbocycles. The quantitative estimate of drug-likeness (QED) is 0.749. The Morgan fingerprint density at radius 2 is 1.96 bits per heavy atom. The van der Waals surface area contributed by atoms with E-state index in [1.165, 1.54) is 4.90 Å². The van der Waals surface area contributed by atoms with E-state index in [0.29, 0.717) is 15.7 Å². The van der Waals surface area contributed by atoms with Crippen LogP contribution in [0.25, 0.3) is 6.08 Å². The number of halogens is 1. The fourth-order valence-electron chi connectivity index (χ4n) is 2.38. The maximum atomic E-state index is 12.6. The summed E-state index contributed by atoms with van der Waals surface area (Å²) in [5, 5.41) is 0.283. The molecule has 4 nitrogen and oxygen atoms in total. The van der Waals surface area contributed by atoms with Gasteiger partial charge < -0.3 is 4.74 Å². The minimum Gasteiger partial charge on any atom is -0.496 e. The van der Waals surface area contributed by atoms with Gasteiger partial charge in [-0.2, -0.15) is 0 Å². The summed E-state index contributed by atoms with van der Waals surface area (Å²) in [5.74, 6) is 0.343. The number of thioether (sulfide) groups is 1. The van der Waals surface area contributed by atoms with Gasteiger partial charge in [-0.25, -0.2) is 0 Å². The molecule has 0 aromatic heterocycles. The first-order valence-electron chi connectivity index (χ1n) is 7.21. The Bertz CT molecular complexity index is 835. The van der Waals surface area contributed by atoms with Crippen LogP contribution in [0.5, 0.6) is 5.75 Å². The molecule has 0 unspecified atom stereocenters. The molecule has 1 fully saturated rings. The Morgan fingerprint density at radius 3 is 2.71 bits per heavy atom. The number of amides is 2. The molecule has 0 radical (unpaired) electrons. The third-order valence-electron chi connectivity index (χ3n) is 3.53. The van der Waals surface area contributed by atoms with Crippen molar-refractivity contribution in [1.29, 1.82) is 0 Å². The van der Waals surface area contributed by atoms with E-state index in [2.05, 4.69) is 0 Å². The lowest BCUT2D eigenvalue weighted by Gasteiger charge is -2.12. The number of carbonyl (C=O) groups is 2. The molecule has 3 rings (SSSR count). The van der Waals surface area contributed by atoms with E-state index in [9.17, 15) is 9.59 Å². The van der Waals surface area contributed by atoms with Crippen molar-refractivity contribution in [3.05, 3.63) is 69.6 Å². The number of hydrogen-bond acceptors (Lipinski definition) is 4. The van der Waals surface area contributed by atoms with Crippen molar-refractivity contribution in [2.75, 3.05) is 7.11 Å². The summed E-state index contributed by atoms with van der Waals surface area (Å²) in [4.78, 5) is 26.3. The second-order valence-corrected chi connectivity index (χ2v) is 6.57. The van der Waals surface area contributed by atoms with Gasteiger partial charge in [0, 0.05) is 10.6 Å². The van der Waals surface area contributed by atoms with Crippen LogP contribution in [0, 0.1) is 0 Å². The number of ether oxygens (including phenoxy) is 1. The first kappa shape index (κ1) is 16.6. The highest BCUT2D eigenvalue weighted by Gasteiger charge is 2.35. The third-order valence-corrected chi connectivity index (χ3v) is 4.67. The summed E-state index contributed by atoms with van der Waals surface area (Å²) in [6.07, 6.45) is 1.68. The zero-order chi connectivity index (χ0) is 17.1. The molecule has 2 amide bonds. The van der Waals surface area contributed by atoms with Gasteiger partial charge in [-0.15, -0.1) is 0 Å². The van der Waals surface area contributed by atoms with Gasteiger partial charge in [0.1, 0.15) is 5.75 Å². The molecule has 0 bridgehead atoms. The Morgan fingerprint density at radius 1 is 1.17 bits per heavy atom. The van der Waals surface area contributed by atoms with Crippen LogP contribution in [0.4, 0.5) is 4.79 Å². The highest BCUT2D eigenvalue weighted by molar-refractivity contribution is 8.18. The van der Waals surface area contributed by atoms with Gasteiger partial charge in [0.15, 0.2) is 0 Å². The summed E-state index contributed by atoms with van der Waals surface area (Å²) in [5.41, 5.74) is 1.57. The number of rotatable bonds is 4. The summed E-state index contributed by atoms with van der Waals surface area (Å²) in [6.45, 7) is 0.203. The molecule has 24 heavy (non-hydrogen) atoms.